The fourth-order valence-electron chi connectivity index (χ4n) is 2.18. The van der Waals surface area contributed by atoms with Gasteiger partial charge in [0.05, 0.1) is 10.5 Å². The highest BCUT2D eigenvalue weighted by Gasteiger charge is 2.31. The number of ether oxygens (including phenoxy) is 1. The lowest BCUT2D eigenvalue weighted by atomic mass is 10.0. The Hall–Kier alpha value is -0.470. The molecule has 0 aliphatic carbocycles. The highest BCUT2D eigenvalue weighted by Crippen LogP contribution is 2.26. The van der Waals surface area contributed by atoms with Crippen LogP contribution in [0.2, 0.25) is 0 Å². The van der Waals surface area contributed by atoms with Gasteiger partial charge in [-0.25, -0.2) is 13.1 Å². The molecule has 3 N–H and O–H groups in total. The molecule has 0 radical (unpaired) electrons. The Kier molecular flexibility index (Phi) is 4.86. The Morgan fingerprint density at radius 1 is 1.50 bits per heavy atom. The molecule has 1 unspecified atom stereocenters. The van der Waals surface area contributed by atoms with Crippen molar-refractivity contribution in [3.63, 3.8) is 0 Å². The fourth-order valence-corrected chi connectivity index (χ4v) is 4.35. The summed E-state index contributed by atoms with van der Waals surface area (Å²) in [5.74, 6) is 0. The third kappa shape index (κ3) is 3.59. The predicted molar refractivity (Wildman–Crippen MR) is 80.8 cm³/mol. The van der Waals surface area contributed by atoms with Crippen LogP contribution < -0.4 is 10.5 Å². The second-order valence-electron chi connectivity index (χ2n) is 5.20. The van der Waals surface area contributed by atoms with E-state index >= 15 is 0 Å². The number of rotatable bonds is 5. The minimum absolute atomic E-state index is 0.210. The summed E-state index contributed by atoms with van der Waals surface area (Å²) < 4.78 is 33.5. The van der Waals surface area contributed by atoms with E-state index in [-0.39, 0.29) is 11.4 Å². The van der Waals surface area contributed by atoms with Crippen molar-refractivity contribution in [2.24, 2.45) is 5.73 Å². The molecule has 0 bridgehead atoms. The van der Waals surface area contributed by atoms with Gasteiger partial charge in [0.2, 0.25) is 10.0 Å². The van der Waals surface area contributed by atoms with E-state index in [9.17, 15) is 8.42 Å². The average Bonchev–Trinajstić information content (AvgIpc) is 2.85. The van der Waals surface area contributed by atoms with Crippen molar-refractivity contribution in [1.82, 2.24) is 4.72 Å². The maximum absolute atomic E-state index is 12.4. The van der Waals surface area contributed by atoms with Crippen molar-refractivity contribution < 1.29 is 13.2 Å². The molecule has 0 spiro atoms. The summed E-state index contributed by atoms with van der Waals surface area (Å²) in [7, 11) is -3.58. The number of hydrogen-bond acceptors (Lipinski definition) is 4. The number of nitrogens with two attached hydrogens (primary N) is 1. The molecule has 2 rings (SSSR count). The molecule has 1 aromatic rings. The summed E-state index contributed by atoms with van der Waals surface area (Å²) in [5, 5.41) is 0. The topological polar surface area (TPSA) is 81.4 Å². The number of benzene rings is 1. The molecule has 0 amide bonds. The number of sulfonamides is 1. The summed E-state index contributed by atoms with van der Waals surface area (Å²) >= 11 is 3.27. The van der Waals surface area contributed by atoms with Crippen LogP contribution in [-0.4, -0.2) is 27.2 Å². The van der Waals surface area contributed by atoms with Gasteiger partial charge in [0.15, 0.2) is 0 Å². The second kappa shape index (κ2) is 6.11. The van der Waals surface area contributed by atoms with E-state index in [1.54, 1.807) is 18.2 Å². The van der Waals surface area contributed by atoms with Crippen LogP contribution in [0.4, 0.5) is 0 Å². The van der Waals surface area contributed by atoms with Gasteiger partial charge in [-0.2, -0.15) is 0 Å². The molecule has 1 saturated heterocycles. The fraction of sp³-hybridized carbons (Fsp3) is 0.538. The Morgan fingerprint density at radius 3 is 2.85 bits per heavy atom. The lowest BCUT2D eigenvalue weighted by Gasteiger charge is -2.23. The van der Waals surface area contributed by atoms with Gasteiger partial charge in [0.1, 0.15) is 0 Å². The van der Waals surface area contributed by atoms with E-state index in [1.807, 2.05) is 6.92 Å². The third-order valence-corrected chi connectivity index (χ3v) is 5.85. The Morgan fingerprint density at radius 2 is 2.25 bits per heavy atom. The first-order valence-electron chi connectivity index (χ1n) is 6.48. The number of halogens is 1. The van der Waals surface area contributed by atoms with Crippen LogP contribution in [0.1, 0.15) is 25.3 Å². The highest BCUT2D eigenvalue weighted by molar-refractivity contribution is 9.10. The van der Waals surface area contributed by atoms with Crippen molar-refractivity contribution in [1.29, 1.82) is 0 Å². The van der Waals surface area contributed by atoms with E-state index < -0.39 is 15.6 Å². The lowest BCUT2D eigenvalue weighted by molar-refractivity contribution is 0.0250. The Labute approximate surface area is 128 Å². The Balaban J connectivity index is 2.17. The minimum Gasteiger partial charge on any atom is -0.374 e. The highest BCUT2D eigenvalue weighted by atomic mass is 79.9. The lowest BCUT2D eigenvalue weighted by Crippen LogP contribution is -2.40. The van der Waals surface area contributed by atoms with Crippen LogP contribution >= 0.6 is 15.9 Å². The van der Waals surface area contributed by atoms with Crippen molar-refractivity contribution in [2.45, 2.75) is 36.8 Å². The molecule has 0 saturated carbocycles. The summed E-state index contributed by atoms with van der Waals surface area (Å²) in [5.41, 5.74) is 5.92. The van der Waals surface area contributed by atoms with Crippen LogP contribution in [0, 0.1) is 0 Å². The zero-order valence-electron chi connectivity index (χ0n) is 11.4. The van der Waals surface area contributed by atoms with E-state index in [4.69, 9.17) is 10.5 Å². The largest absolute Gasteiger partial charge is 0.374 e. The summed E-state index contributed by atoms with van der Waals surface area (Å²) in [4.78, 5) is 0.210. The zero-order valence-corrected chi connectivity index (χ0v) is 13.8. The van der Waals surface area contributed by atoms with Crippen LogP contribution in [0.25, 0.3) is 0 Å². The van der Waals surface area contributed by atoms with E-state index in [2.05, 4.69) is 20.7 Å². The van der Waals surface area contributed by atoms with Crippen molar-refractivity contribution in [2.75, 3.05) is 13.2 Å². The van der Waals surface area contributed by atoms with Gasteiger partial charge in [-0.05, 0) is 53.4 Å². The van der Waals surface area contributed by atoms with Crippen molar-refractivity contribution >= 4 is 26.0 Å². The maximum Gasteiger partial charge on any atom is 0.241 e. The molecular weight excluding hydrogens is 344 g/mol. The summed E-state index contributed by atoms with van der Waals surface area (Å²) in [6.07, 6.45) is 1.82. The maximum atomic E-state index is 12.4. The minimum atomic E-state index is -3.58. The van der Waals surface area contributed by atoms with Crippen LogP contribution in [0.15, 0.2) is 27.6 Å². The first-order valence-corrected chi connectivity index (χ1v) is 8.76. The normalized spacial score (nSPS) is 23.1. The van der Waals surface area contributed by atoms with Gasteiger partial charge >= 0.3 is 0 Å². The molecule has 1 aromatic carbocycles. The van der Waals surface area contributed by atoms with Gasteiger partial charge in [0, 0.05) is 24.2 Å². The van der Waals surface area contributed by atoms with Gasteiger partial charge in [-0.15, -0.1) is 0 Å². The predicted octanol–water partition coefficient (Wildman–Crippen LogP) is 1.76. The molecule has 1 atom stereocenters. The van der Waals surface area contributed by atoms with E-state index in [0.29, 0.717) is 17.6 Å². The van der Waals surface area contributed by atoms with Crippen molar-refractivity contribution in [3.05, 3.63) is 28.2 Å². The second-order valence-corrected chi connectivity index (χ2v) is 7.79. The summed E-state index contributed by atoms with van der Waals surface area (Å²) in [6, 6.07) is 5.08. The SMILES string of the molecule is CC1(CNS(=O)(=O)c2cc(CN)ccc2Br)CCCO1. The third-order valence-electron chi connectivity index (χ3n) is 3.46. The van der Waals surface area contributed by atoms with Crippen LogP contribution in [0.5, 0.6) is 0 Å². The molecule has 5 nitrogen and oxygen atoms in total. The monoisotopic (exact) mass is 362 g/mol. The summed E-state index contributed by atoms with van der Waals surface area (Å²) in [6.45, 7) is 3.18. The van der Waals surface area contributed by atoms with Gasteiger partial charge < -0.3 is 10.5 Å². The molecule has 112 valence electrons. The number of nitrogens with one attached hydrogen (secondary N) is 1. The molecule has 1 fully saturated rings. The average molecular weight is 363 g/mol. The first-order chi connectivity index (χ1) is 9.36. The smallest absolute Gasteiger partial charge is 0.241 e. The molecular formula is C13H19BrN2O3S. The van der Waals surface area contributed by atoms with E-state index in [1.165, 1.54) is 0 Å². The van der Waals surface area contributed by atoms with Gasteiger partial charge in [-0.3, -0.25) is 0 Å². The quantitative estimate of drug-likeness (QED) is 0.835. The molecule has 7 heteroatoms. The number of hydrogen-bond donors (Lipinski definition) is 2. The first kappa shape index (κ1) is 15.9. The van der Waals surface area contributed by atoms with Gasteiger partial charge in [-0.1, -0.05) is 6.07 Å². The molecule has 1 aliphatic rings. The zero-order chi connectivity index (χ0) is 14.8. The molecule has 20 heavy (non-hydrogen) atoms. The van der Waals surface area contributed by atoms with Gasteiger partial charge in [0.25, 0.3) is 0 Å². The standard InChI is InChI=1S/C13H19BrN2O3S/c1-13(5-2-6-19-13)9-16-20(17,18)12-7-10(8-15)3-4-11(12)14/h3-4,7,16H,2,5-6,8-9,15H2,1H3. The Bertz CT molecular complexity index is 583. The van der Waals surface area contributed by atoms with Crippen LogP contribution in [-0.2, 0) is 21.3 Å². The van der Waals surface area contributed by atoms with E-state index in [0.717, 1.165) is 18.4 Å². The molecule has 1 aliphatic heterocycles. The van der Waals surface area contributed by atoms with Crippen molar-refractivity contribution in [3.8, 4) is 0 Å². The van der Waals surface area contributed by atoms with Crippen LogP contribution in [0.3, 0.4) is 0 Å². The molecule has 0 aromatic heterocycles. The molecule has 1 heterocycles.